The highest BCUT2D eigenvalue weighted by molar-refractivity contribution is 5.97. The standard InChI is InChI=1S/C41H59N7O7/c1-27(2)25-34(46-37(51)33(44-28(3)49)26-30-17-19-31(50)20-18-30)41(55)48-24-10-16-36(48)39(53)45-32(14-7-21-42)40(54)47-23-9-15-35(47)38(52)43-22-8-13-29-11-5-4-6-12-29/h4-6,11-12,17-20,27,32-36,50H,7-10,13-16,21-26,42H2,1-3H3,(H,43,52)(H,44,49)(H,45,53)(H,46,51)/t32-,33-,34-,35-,36-/m0/s1. The number of aromatic hydroxyl groups is 1. The van der Waals surface area contributed by atoms with Gasteiger partial charge in [-0.1, -0.05) is 56.3 Å². The molecule has 14 nitrogen and oxygen atoms in total. The van der Waals surface area contributed by atoms with Gasteiger partial charge in [0.1, 0.15) is 36.0 Å². The van der Waals surface area contributed by atoms with Gasteiger partial charge in [-0.15, -0.1) is 0 Å². The van der Waals surface area contributed by atoms with Crippen molar-refractivity contribution in [3.63, 3.8) is 0 Å². The molecule has 0 saturated carbocycles. The van der Waals surface area contributed by atoms with Gasteiger partial charge in [-0.2, -0.15) is 0 Å². The molecule has 6 amide bonds. The molecule has 300 valence electrons. The fraction of sp³-hybridized carbons (Fsp3) is 0.561. The van der Waals surface area contributed by atoms with E-state index in [1.54, 1.807) is 17.0 Å². The van der Waals surface area contributed by atoms with Crippen molar-refractivity contribution in [2.75, 3.05) is 26.2 Å². The van der Waals surface area contributed by atoms with E-state index < -0.39 is 53.8 Å². The topological polar surface area (TPSA) is 203 Å². The van der Waals surface area contributed by atoms with E-state index in [0.717, 1.165) is 12.8 Å². The number of nitrogens with zero attached hydrogens (tertiary/aromatic N) is 2. The Morgan fingerprint density at radius 1 is 0.764 bits per heavy atom. The number of phenols is 1. The summed E-state index contributed by atoms with van der Waals surface area (Å²) >= 11 is 0. The Kier molecular flexibility index (Phi) is 16.5. The van der Waals surface area contributed by atoms with Crippen LogP contribution in [-0.4, -0.2) is 107 Å². The summed E-state index contributed by atoms with van der Waals surface area (Å²) in [4.78, 5) is 84.1. The number of likely N-dealkylation sites (tertiary alicyclic amines) is 2. The predicted molar refractivity (Wildman–Crippen MR) is 208 cm³/mol. The minimum atomic E-state index is -0.984. The van der Waals surface area contributed by atoms with E-state index in [2.05, 4.69) is 21.3 Å². The fourth-order valence-corrected chi connectivity index (χ4v) is 7.41. The molecule has 2 heterocycles. The first-order valence-corrected chi connectivity index (χ1v) is 19.7. The molecule has 0 bridgehead atoms. The number of rotatable bonds is 19. The van der Waals surface area contributed by atoms with Crippen LogP contribution >= 0.6 is 0 Å². The number of carbonyl (C=O) groups is 6. The van der Waals surface area contributed by atoms with E-state index in [-0.39, 0.29) is 36.3 Å². The molecule has 0 aliphatic carbocycles. The second-order valence-corrected chi connectivity index (χ2v) is 15.1. The number of amides is 6. The monoisotopic (exact) mass is 761 g/mol. The summed E-state index contributed by atoms with van der Waals surface area (Å²) in [7, 11) is 0. The lowest BCUT2D eigenvalue weighted by Gasteiger charge is -2.32. The quantitative estimate of drug-likeness (QED) is 0.117. The molecule has 5 atom stereocenters. The van der Waals surface area contributed by atoms with Gasteiger partial charge >= 0.3 is 0 Å². The molecule has 2 aromatic rings. The predicted octanol–water partition coefficient (Wildman–Crippen LogP) is 1.93. The molecule has 14 heteroatoms. The van der Waals surface area contributed by atoms with Gasteiger partial charge in [-0.3, -0.25) is 28.8 Å². The van der Waals surface area contributed by atoms with Crippen LogP contribution in [0.2, 0.25) is 0 Å². The first kappa shape index (κ1) is 42.8. The molecular weight excluding hydrogens is 702 g/mol. The van der Waals surface area contributed by atoms with Crippen LogP contribution in [0.1, 0.15) is 83.3 Å². The molecule has 2 fully saturated rings. The molecule has 2 aliphatic rings. The molecule has 0 spiro atoms. The molecule has 0 radical (unpaired) electrons. The zero-order valence-corrected chi connectivity index (χ0v) is 32.4. The van der Waals surface area contributed by atoms with Crippen LogP contribution in [0.3, 0.4) is 0 Å². The van der Waals surface area contributed by atoms with E-state index in [4.69, 9.17) is 5.73 Å². The lowest BCUT2D eigenvalue weighted by molar-refractivity contribution is -0.144. The average Bonchev–Trinajstić information content (AvgIpc) is 3.86. The van der Waals surface area contributed by atoms with Crippen LogP contribution in [0.4, 0.5) is 0 Å². The number of nitrogens with one attached hydrogen (secondary N) is 4. The number of hydrogen-bond acceptors (Lipinski definition) is 8. The lowest BCUT2D eigenvalue weighted by atomic mass is 10.00. The van der Waals surface area contributed by atoms with Gasteiger partial charge in [0.05, 0.1) is 0 Å². The second kappa shape index (κ2) is 21.2. The Labute approximate surface area is 324 Å². The molecule has 7 N–H and O–H groups in total. The molecule has 2 saturated heterocycles. The van der Waals surface area contributed by atoms with Crippen molar-refractivity contribution < 1.29 is 33.9 Å². The van der Waals surface area contributed by atoms with Crippen LogP contribution in [0.5, 0.6) is 5.75 Å². The summed E-state index contributed by atoms with van der Waals surface area (Å²) in [5.74, 6) is -2.33. The Balaban J connectivity index is 1.41. The maximum absolute atomic E-state index is 14.2. The van der Waals surface area contributed by atoms with Gasteiger partial charge in [-0.05, 0) is 93.5 Å². The van der Waals surface area contributed by atoms with E-state index >= 15 is 0 Å². The summed E-state index contributed by atoms with van der Waals surface area (Å²) in [5.41, 5.74) is 7.71. The molecule has 4 rings (SSSR count). The number of nitrogens with two attached hydrogens (primary N) is 1. The Morgan fingerprint density at radius 3 is 1.98 bits per heavy atom. The maximum atomic E-state index is 14.2. The third kappa shape index (κ3) is 12.8. The van der Waals surface area contributed by atoms with Gasteiger partial charge in [0, 0.05) is 33.0 Å². The zero-order chi connectivity index (χ0) is 39.9. The minimum Gasteiger partial charge on any atom is -0.508 e. The van der Waals surface area contributed by atoms with E-state index in [9.17, 15) is 33.9 Å². The summed E-state index contributed by atoms with van der Waals surface area (Å²) < 4.78 is 0. The normalized spacial score (nSPS) is 18.3. The Morgan fingerprint density at radius 2 is 1.38 bits per heavy atom. The largest absolute Gasteiger partial charge is 0.508 e. The Hall–Kier alpha value is -4.98. The summed E-state index contributed by atoms with van der Waals surface area (Å²) in [5, 5.41) is 21.1. The van der Waals surface area contributed by atoms with Gasteiger partial charge in [0.15, 0.2) is 0 Å². The number of hydrogen-bond donors (Lipinski definition) is 6. The molecule has 2 aromatic carbocycles. The minimum absolute atomic E-state index is 0.00757. The molecule has 2 aliphatic heterocycles. The van der Waals surface area contributed by atoms with Gasteiger partial charge in [-0.25, -0.2) is 0 Å². The summed E-state index contributed by atoms with van der Waals surface area (Å²) in [6, 6.07) is 11.9. The van der Waals surface area contributed by atoms with Crippen molar-refractivity contribution in [1.29, 1.82) is 0 Å². The molecular formula is C41H59N7O7. The summed E-state index contributed by atoms with van der Waals surface area (Å²) in [6.45, 7) is 6.63. The van der Waals surface area contributed by atoms with Crippen molar-refractivity contribution in [1.82, 2.24) is 31.1 Å². The van der Waals surface area contributed by atoms with Gasteiger partial charge in [0.25, 0.3) is 0 Å². The summed E-state index contributed by atoms with van der Waals surface area (Å²) in [6.07, 6.45) is 4.89. The highest BCUT2D eigenvalue weighted by Crippen LogP contribution is 2.23. The number of phenolic OH excluding ortho intramolecular Hbond substituents is 1. The highest BCUT2D eigenvalue weighted by Gasteiger charge is 2.41. The highest BCUT2D eigenvalue weighted by atomic mass is 16.3. The van der Waals surface area contributed by atoms with Crippen LogP contribution in [-0.2, 0) is 41.6 Å². The average molecular weight is 762 g/mol. The molecule has 55 heavy (non-hydrogen) atoms. The third-order valence-electron chi connectivity index (χ3n) is 10.2. The van der Waals surface area contributed by atoms with Crippen LogP contribution in [0, 0.1) is 5.92 Å². The van der Waals surface area contributed by atoms with Crippen molar-refractivity contribution in [3.05, 3.63) is 65.7 Å². The lowest BCUT2D eigenvalue weighted by Crippen LogP contribution is -2.59. The van der Waals surface area contributed by atoms with Crippen molar-refractivity contribution in [2.45, 2.75) is 115 Å². The second-order valence-electron chi connectivity index (χ2n) is 15.1. The van der Waals surface area contributed by atoms with Crippen LogP contribution < -0.4 is 27.0 Å². The van der Waals surface area contributed by atoms with E-state index in [1.807, 2.05) is 44.2 Å². The van der Waals surface area contributed by atoms with Crippen LogP contribution in [0.15, 0.2) is 54.6 Å². The van der Waals surface area contributed by atoms with E-state index in [0.29, 0.717) is 70.3 Å². The van der Waals surface area contributed by atoms with Crippen LogP contribution in [0.25, 0.3) is 0 Å². The number of benzene rings is 2. The number of carbonyl (C=O) groups excluding carboxylic acids is 6. The van der Waals surface area contributed by atoms with Crippen molar-refractivity contribution in [3.8, 4) is 5.75 Å². The molecule has 0 unspecified atom stereocenters. The fourth-order valence-electron chi connectivity index (χ4n) is 7.41. The third-order valence-corrected chi connectivity index (χ3v) is 10.2. The van der Waals surface area contributed by atoms with Gasteiger partial charge < -0.3 is 41.9 Å². The SMILES string of the molecule is CC(=O)N[C@@H](Cc1ccc(O)cc1)C(=O)N[C@@H](CC(C)C)C(=O)N1CCC[C@H]1C(=O)N[C@@H](CCCN)C(=O)N1CCC[C@H]1C(=O)NCCCc1ccccc1. The van der Waals surface area contributed by atoms with Gasteiger partial charge in [0.2, 0.25) is 35.4 Å². The Bertz CT molecular complexity index is 1600. The first-order valence-electron chi connectivity index (χ1n) is 19.7. The zero-order valence-electron chi connectivity index (χ0n) is 32.4. The van der Waals surface area contributed by atoms with E-state index in [1.165, 1.54) is 29.5 Å². The molecule has 0 aromatic heterocycles. The number of aryl methyl sites for hydroxylation is 1. The maximum Gasteiger partial charge on any atom is 0.245 e. The smallest absolute Gasteiger partial charge is 0.245 e. The van der Waals surface area contributed by atoms with Crippen molar-refractivity contribution in [2.24, 2.45) is 11.7 Å². The van der Waals surface area contributed by atoms with Crippen molar-refractivity contribution >= 4 is 35.4 Å². The first-order chi connectivity index (χ1) is 26.4.